The van der Waals surface area contributed by atoms with Gasteiger partial charge in [0.15, 0.2) is 15.6 Å². The Labute approximate surface area is 203 Å². The van der Waals surface area contributed by atoms with E-state index < -0.39 is 15.7 Å². The molecule has 0 heterocycles. The number of ether oxygens (including phenoxy) is 2. The first kappa shape index (κ1) is 24.9. The quantitative estimate of drug-likeness (QED) is 0.390. The topological polar surface area (TPSA) is 81.7 Å². The lowest BCUT2D eigenvalue weighted by molar-refractivity contribution is 0.102. The van der Waals surface area contributed by atoms with Crippen LogP contribution in [0.15, 0.2) is 59.5 Å². The molecular weight excluding hydrogens is 485 g/mol. The SMILES string of the molecule is COc1ccc(Oc2c(Cl)cc(NC(=O)c3cccc(S(C)(=O)=O)c3)cc2Cl)cc1C(C)C. The van der Waals surface area contributed by atoms with Crippen LogP contribution in [0.2, 0.25) is 10.0 Å². The first-order valence-corrected chi connectivity index (χ1v) is 12.6. The van der Waals surface area contributed by atoms with Crippen LogP contribution in [0.1, 0.15) is 35.7 Å². The molecule has 1 amide bonds. The number of hydrogen-bond donors (Lipinski definition) is 1. The third-order valence-corrected chi connectivity index (χ3v) is 6.50. The molecule has 0 atom stereocenters. The van der Waals surface area contributed by atoms with Crippen molar-refractivity contribution in [2.24, 2.45) is 0 Å². The largest absolute Gasteiger partial charge is 0.496 e. The number of methoxy groups -OCH3 is 1. The average Bonchev–Trinajstić information content (AvgIpc) is 2.75. The zero-order valence-corrected chi connectivity index (χ0v) is 20.8. The van der Waals surface area contributed by atoms with Gasteiger partial charge in [-0.25, -0.2) is 8.42 Å². The van der Waals surface area contributed by atoms with Gasteiger partial charge in [0.05, 0.1) is 22.1 Å². The molecule has 33 heavy (non-hydrogen) atoms. The van der Waals surface area contributed by atoms with Crippen LogP contribution in [-0.4, -0.2) is 27.7 Å². The molecule has 6 nitrogen and oxygen atoms in total. The van der Waals surface area contributed by atoms with Crippen molar-refractivity contribution in [3.8, 4) is 17.2 Å². The highest BCUT2D eigenvalue weighted by Crippen LogP contribution is 2.40. The number of nitrogens with one attached hydrogen (secondary N) is 1. The molecule has 0 spiro atoms. The maximum atomic E-state index is 12.6. The summed E-state index contributed by atoms with van der Waals surface area (Å²) in [6.07, 6.45) is 1.08. The highest BCUT2D eigenvalue weighted by atomic mass is 35.5. The third kappa shape index (κ3) is 5.99. The van der Waals surface area contributed by atoms with E-state index in [2.05, 4.69) is 5.32 Å². The summed E-state index contributed by atoms with van der Waals surface area (Å²) >= 11 is 12.8. The van der Waals surface area contributed by atoms with Gasteiger partial charge in [0.25, 0.3) is 5.91 Å². The van der Waals surface area contributed by atoms with E-state index in [0.29, 0.717) is 11.4 Å². The third-order valence-electron chi connectivity index (χ3n) is 4.82. The van der Waals surface area contributed by atoms with Gasteiger partial charge < -0.3 is 14.8 Å². The maximum Gasteiger partial charge on any atom is 0.255 e. The summed E-state index contributed by atoms with van der Waals surface area (Å²) in [7, 11) is -1.83. The zero-order valence-electron chi connectivity index (χ0n) is 18.5. The fourth-order valence-corrected chi connectivity index (χ4v) is 4.38. The minimum absolute atomic E-state index is 0.0511. The summed E-state index contributed by atoms with van der Waals surface area (Å²) in [6.45, 7) is 4.09. The van der Waals surface area contributed by atoms with Gasteiger partial charge in [-0.15, -0.1) is 0 Å². The van der Waals surface area contributed by atoms with E-state index in [4.69, 9.17) is 32.7 Å². The van der Waals surface area contributed by atoms with Crippen LogP contribution in [0, 0.1) is 0 Å². The van der Waals surface area contributed by atoms with E-state index >= 15 is 0 Å². The van der Waals surface area contributed by atoms with Crippen LogP contribution in [0.4, 0.5) is 5.69 Å². The predicted molar refractivity (Wildman–Crippen MR) is 131 cm³/mol. The lowest BCUT2D eigenvalue weighted by atomic mass is 10.0. The molecule has 3 aromatic carbocycles. The summed E-state index contributed by atoms with van der Waals surface area (Å²) in [5, 5.41) is 3.07. The molecule has 0 saturated heterocycles. The Bertz CT molecular complexity index is 1280. The van der Waals surface area contributed by atoms with Gasteiger partial charge in [0.1, 0.15) is 11.5 Å². The number of benzene rings is 3. The van der Waals surface area contributed by atoms with Crippen LogP contribution >= 0.6 is 23.2 Å². The summed E-state index contributed by atoms with van der Waals surface area (Å²) in [5.41, 5.74) is 1.50. The van der Waals surface area contributed by atoms with Gasteiger partial charge in [-0.2, -0.15) is 0 Å². The van der Waals surface area contributed by atoms with Crippen LogP contribution in [0.5, 0.6) is 17.2 Å². The van der Waals surface area contributed by atoms with Gasteiger partial charge in [-0.3, -0.25) is 4.79 Å². The predicted octanol–water partition coefficient (Wildman–Crippen LogP) is 6.57. The summed E-state index contributed by atoms with van der Waals surface area (Å²) in [6, 6.07) is 14.2. The second-order valence-corrected chi connectivity index (χ2v) is 10.5. The molecule has 0 bridgehead atoms. The minimum atomic E-state index is -3.44. The molecule has 0 fully saturated rings. The second-order valence-electron chi connectivity index (χ2n) is 7.68. The van der Waals surface area contributed by atoms with Crippen molar-refractivity contribution in [2.45, 2.75) is 24.7 Å². The number of carbonyl (C=O) groups is 1. The number of halogens is 2. The molecule has 0 radical (unpaired) electrons. The Morgan fingerprint density at radius 1 is 1.00 bits per heavy atom. The van der Waals surface area contributed by atoms with Gasteiger partial charge in [-0.1, -0.05) is 43.1 Å². The van der Waals surface area contributed by atoms with E-state index in [-0.39, 0.29) is 32.2 Å². The molecule has 0 aliphatic rings. The first-order chi connectivity index (χ1) is 15.5. The normalized spacial score (nSPS) is 11.4. The van der Waals surface area contributed by atoms with Gasteiger partial charge >= 0.3 is 0 Å². The average molecular weight is 508 g/mol. The number of anilines is 1. The number of hydrogen-bond acceptors (Lipinski definition) is 5. The fourth-order valence-electron chi connectivity index (χ4n) is 3.15. The van der Waals surface area contributed by atoms with Crippen molar-refractivity contribution in [3.05, 3.63) is 75.8 Å². The Morgan fingerprint density at radius 3 is 2.24 bits per heavy atom. The first-order valence-electron chi connectivity index (χ1n) is 9.96. The molecule has 0 unspecified atom stereocenters. The lowest BCUT2D eigenvalue weighted by Crippen LogP contribution is -2.12. The Kier molecular flexibility index (Phi) is 7.57. The molecule has 3 rings (SSSR count). The standard InChI is InChI=1S/C24H23Cl2NO5S/c1-14(2)19-13-17(8-9-22(19)31-3)32-23-20(25)11-16(12-21(23)26)27-24(28)15-6-5-7-18(10-15)33(4,29)30/h5-14H,1-4H3,(H,27,28). The van der Waals surface area contributed by atoms with Crippen LogP contribution < -0.4 is 14.8 Å². The molecular formula is C24H23Cl2NO5S. The lowest BCUT2D eigenvalue weighted by Gasteiger charge is -2.16. The van der Waals surface area contributed by atoms with E-state index in [1.54, 1.807) is 13.2 Å². The smallest absolute Gasteiger partial charge is 0.255 e. The van der Waals surface area contributed by atoms with Crippen molar-refractivity contribution < 1.29 is 22.7 Å². The Hall–Kier alpha value is -2.74. The fraction of sp³-hybridized carbons (Fsp3) is 0.208. The Balaban J connectivity index is 1.84. The summed E-state index contributed by atoms with van der Waals surface area (Å²) < 4.78 is 34.8. The van der Waals surface area contributed by atoms with E-state index in [1.165, 1.54) is 36.4 Å². The molecule has 9 heteroatoms. The van der Waals surface area contributed by atoms with Gasteiger partial charge in [-0.05, 0) is 54.4 Å². The van der Waals surface area contributed by atoms with Crippen molar-refractivity contribution in [1.82, 2.24) is 0 Å². The summed E-state index contributed by atoms with van der Waals surface area (Å²) in [4.78, 5) is 12.7. The van der Waals surface area contributed by atoms with Crippen LogP contribution in [-0.2, 0) is 9.84 Å². The maximum absolute atomic E-state index is 12.6. The van der Waals surface area contributed by atoms with E-state index in [0.717, 1.165) is 17.6 Å². The van der Waals surface area contributed by atoms with Crippen molar-refractivity contribution in [3.63, 3.8) is 0 Å². The molecule has 1 N–H and O–H groups in total. The summed E-state index contributed by atoms with van der Waals surface area (Å²) in [5.74, 6) is 1.26. The molecule has 3 aromatic rings. The number of carbonyl (C=O) groups excluding carboxylic acids is 1. The second kappa shape index (κ2) is 10.0. The highest BCUT2D eigenvalue weighted by molar-refractivity contribution is 7.90. The molecule has 0 aliphatic heterocycles. The number of rotatable bonds is 7. The highest BCUT2D eigenvalue weighted by Gasteiger charge is 2.16. The molecule has 0 saturated carbocycles. The molecule has 174 valence electrons. The monoisotopic (exact) mass is 507 g/mol. The van der Waals surface area contributed by atoms with E-state index in [1.807, 2.05) is 26.0 Å². The molecule has 0 aliphatic carbocycles. The number of sulfone groups is 1. The van der Waals surface area contributed by atoms with Crippen molar-refractivity contribution >= 4 is 44.6 Å². The van der Waals surface area contributed by atoms with Crippen LogP contribution in [0.3, 0.4) is 0 Å². The van der Waals surface area contributed by atoms with Gasteiger partial charge in [0, 0.05) is 23.1 Å². The zero-order chi connectivity index (χ0) is 24.3. The van der Waals surface area contributed by atoms with Crippen molar-refractivity contribution in [1.29, 1.82) is 0 Å². The Morgan fingerprint density at radius 2 is 1.67 bits per heavy atom. The van der Waals surface area contributed by atoms with Crippen molar-refractivity contribution in [2.75, 3.05) is 18.7 Å². The van der Waals surface area contributed by atoms with Gasteiger partial charge in [0.2, 0.25) is 0 Å². The minimum Gasteiger partial charge on any atom is -0.496 e. The molecule has 0 aromatic heterocycles. The van der Waals surface area contributed by atoms with E-state index in [9.17, 15) is 13.2 Å². The number of amides is 1. The van der Waals surface area contributed by atoms with Crippen LogP contribution in [0.25, 0.3) is 0 Å².